The largest absolute Gasteiger partial charge is 0.330 e. The van der Waals surface area contributed by atoms with Crippen molar-refractivity contribution in [2.75, 3.05) is 6.54 Å². The molecule has 4 amide bonds. The number of rotatable bonds is 3. The molecule has 1 saturated heterocycles. The van der Waals surface area contributed by atoms with Gasteiger partial charge in [-0.15, -0.1) is 11.3 Å². The first-order valence-electron chi connectivity index (χ1n) is 6.44. The molecule has 0 bridgehead atoms. The van der Waals surface area contributed by atoms with Crippen LogP contribution in [0.2, 0.25) is 4.34 Å². The molecule has 1 aliphatic carbocycles. The van der Waals surface area contributed by atoms with Gasteiger partial charge in [-0.2, -0.15) is 0 Å². The van der Waals surface area contributed by atoms with Gasteiger partial charge in [-0.1, -0.05) is 18.0 Å². The van der Waals surface area contributed by atoms with Crippen molar-refractivity contribution in [3.63, 3.8) is 0 Å². The van der Waals surface area contributed by atoms with Crippen LogP contribution in [0, 0.1) is 5.41 Å². The van der Waals surface area contributed by atoms with E-state index in [2.05, 4.69) is 5.32 Å². The summed E-state index contributed by atoms with van der Waals surface area (Å²) in [5.74, 6) is -0.783. The van der Waals surface area contributed by atoms with Gasteiger partial charge in [0, 0.05) is 17.8 Å². The van der Waals surface area contributed by atoms with Crippen LogP contribution < -0.4 is 5.32 Å². The fourth-order valence-electron chi connectivity index (χ4n) is 2.61. The fourth-order valence-corrected chi connectivity index (χ4v) is 3.69. The van der Waals surface area contributed by atoms with Crippen molar-refractivity contribution in [1.82, 2.24) is 10.2 Å². The number of amides is 4. The van der Waals surface area contributed by atoms with Crippen LogP contribution in [0.5, 0.6) is 0 Å². The number of hydrogen-bond donors (Lipinski definition) is 1. The van der Waals surface area contributed by atoms with E-state index in [0.717, 1.165) is 16.2 Å². The molecular formula is C13H13ClN2O3S. The second kappa shape index (κ2) is 4.86. The van der Waals surface area contributed by atoms with Crippen molar-refractivity contribution in [1.29, 1.82) is 0 Å². The predicted octanol–water partition coefficient (Wildman–Crippen LogP) is 2.19. The minimum absolute atomic E-state index is 0.274. The van der Waals surface area contributed by atoms with E-state index in [-0.39, 0.29) is 12.5 Å². The number of barbiturate groups is 1. The summed E-state index contributed by atoms with van der Waals surface area (Å²) in [6.07, 6.45) is 2.47. The van der Waals surface area contributed by atoms with Crippen LogP contribution >= 0.6 is 22.9 Å². The zero-order valence-electron chi connectivity index (χ0n) is 10.6. The number of nitrogens with one attached hydrogen (secondary N) is 1. The van der Waals surface area contributed by atoms with Crippen molar-refractivity contribution in [2.24, 2.45) is 5.41 Å². The first-order chi connectivity index (χ1) is 9.53. The standard InChI is InChI=1S/C13H13ClN2O3S/c14-9-3-2-8(20-9)4-7-16-11(18)13(5-1-6-13)10(17)15-12(16)19/h2-3H,1,4-7H2,(H,15,17,19). The molecule has 1 aliphatic heterocycles. The Morgan fingerprint density at radius 3 is 2.60 bits per heavy atom. The van der Waals surface area contributed by atoms with Gasteiger partial charge >= 0.3 is 6.03 Å². The molecule has 20 heavy (non-hydrogen) atoms. The number of urea groups is 1. The van der Waals surface area contributed by atoms with E-state index < -0.39 is 17.4 Å². The third kappa shape index (κ3) is 2.03. The Morgan fingerprint density at radius 2 is 2.05 bits per heavy atom. The molecule has 2 aliphatic rings. The lowest BCUT2D eigenvalue weighted by molar-refractivity contribution is -0.157. The van der Waals surface area contributed by atoms with E-state index in [0.29, 0.717) is 23.6 Å². The highest BCUT2D eigenvalue weighted by Gasteiger charge is 2.57. The molecule has 5 nitrogen and oxygen atoms in total. The van der Waals surface area contributed by atoms with Crippen molar-refractivity contribution in [2.45, 2.75) is 25.7 Å². The number of thiophene rings is 1. The third-order valence-corrected chi connectivity index (χ3v) is 5.26. The highest BCUT2D eigenvalue weighted by atomic mass is 35.5. The van der Waals surface area contributed by atoms with Crippen molar-refractivity contribution in [3.8, 4) is 0 Å². The smallest absolute Gasteiger partial charge is 0.277 e. The van der Waals surface area contributed by atoms with E-state index in [1.165, 1.54) is 11.3 Å². The van der Waals surface area contributed by atoms with Crippen LogP contribution in [-0.4, -0.2) is 29.3 Å². The van der Waals surface area contributed by atoms with E-state index in [1.807, 2.05) is 6.07 Å². The molecule has 2 fully saturated rings. The topological polar surface area (TPSA) is 66.5 Å². The average Bonchev–Trinajstić information content (AvgIpc) is 2.72. The lowest BCUT2D eigenvalue weighted by Gasteiger charge is -2.44. The number of nitrogens with zero attached hydrogens (tertiary/aromatic N) is 1. The maximum Gasteiger partial charge on any atom is 0.330 e. The van der Waals surface area contributed by atoms with E-state index in [1.54, 1.807) is 6.07 Å². The molecule has 3 rings (SSSR count). The maximum atomic E-state index is 12.4. The normalized spacial score (nSPS) is 21.1. The predicted molar refractivity (Wildman–Crippen MR) is 74.6 cm³/mol. The van der Waals surface area contributed by atoms with E-state index in [9.17, 15) is 14.4 Å². The summed E-state index contributed by atoms with van der Waals surface area (Å²) in [5.41, 5.74) is -0.985. The molecule has 1 saturated carbocycles. The lowest BCUT2D eigenvalue weighted by atomic mass is 9.66. The Kier molecular flexibility index (Phi) is 3.30. The Bertz CT molecular complexity index is 594. The molecule has 2 heterocycles. The van der Waals surface area contributed by atoms with Crippen LogP contribution in [-0.2, 0) is 16.0 Å². The second-order valence-corrected chi connectivity index (χ2v) is 6.91. The summed E-state index contributed by atoms with van der Waals surface area (Å²) in [6.45, 7) is 0.274. The monoisotopic (exact) mass is 312 g/mol. The van der Waals surface area contributed by atoms with Crippen LogP contribution in [0.25, 0.3) is 0 Å². The number of imide groups is 2. The minimum Gasteiger partial charge on any atom is -0.277 e. The van der Waals surface area contributed by atoms with Gasteiger partial charge in [0.05, 0.1) is 4.34 Å². The van der Waals surface area contributed by atoms with Gasteiger partial charge in [0.1, 0.15) is 5.41 Å². The first kappa shape index (κ1) is 13.6. The van der Waals surface area contributed by atoms with Gasteiger partial charge in [0.25, 0.3) is 0 Å². The van der Waals surface area contributed by atoms with Gasteiger partial charge < -0.3 is 0 Å². The second-order valence-electron chi connectivity index (χ2n) is 5.11. The molecule has 0 aromatic carbocycles. The number of halogens is 1. The molecule has 0 atom stereocenters. The fraction of sp³-hybridized carbons (Fsp3) is 0.462. The molecule has 0 radical (unpaired) electrons. The summed E-state index contributed by atoms with van der Waals surface area (Å²) in [7, 11) is 0. The maximum absolute atomic E-state index is 12.4. The number of carbonyl (C=O) groups is 3. The molecule has 1 aromatic heterocycles. The molecule has 1 aromatic rings. The summed E-state index contributed by atoms with van der Waals surface area (Å²) in [6, 6.07) is 3.06. The Labute approximate surface area is 124 Å². The summed E-state index contributed by atoms with van der Waals surface area (Å²) < 4.78 is 0.681. The van der Waals surface area contributed by atoms with Gasteiger partial charge in [0.15, 0.2) is 0 Å². The molecule has 106 valence electrons. The summed E-state index contributed by atoms with van der Waals surface area (Å²) in [4.78, 5) is 38.2. The Morgan fingerprint density at radius 1 is 1.30 bits per heavy atom. The third-order valence-electron chi connectivity index (χ3n) is 3.97. The number of hydrogen-bond acceptors (Lipinski definition) is 4. The number of carbonyl (C=O) groups excluding carboxylic acids is 3. The highest BCUT2D eigenvalue weighted by Crippen LogP contribution is 2.44. The Balaban J connectivity index is 1.73. The highest BCUT2D eigenvalue weighted by molar-refractivity contribution is 7.16. The van der Waals surface area contributed by atoms with Crippen LogP contribution in [0.4, 0.5) is 4.79 Å². The molecule has 1 spiro atoms. The molecule has 1 N–H and O–H groups in total. The Hall–Kier alpha value is -1.40. The van der Waals surface area contributed by atoms with Gasteiger partial charge in [-0.3, -0.25) is 19.8 Å². The van der Waals surface area contributed by atoms with Crippen molar-refractivity contribution in [3.05, 3.63) is 21.3 Å². The van der Waals surface area contributed by atoms with Gasteiger partial charge in [-0.25, -0.2) is 4.79 Å². The SMILES string of the molecule is O=C1NC(=O)C2(CCC2)C(=O)N1CCc1ccc(Cl)s1. The molecule has 0 unspecified atom stereocenters. The van der Waals surface area contributed by atoms with Crippen molar-refractivity contribution >= 4 is 40.8 Å². The molecule has 7 heteroatoms. The van der Waals surface area contributed by atoms with E-state index in [4.69, 9.17) is 11.6 Å². The zero-order valence-corrected chi connectivity index (χ0v) is 12.2. The summed E-state index contributed by atoms with van der Waals surface area (Å²) >= 11 is 7.28. The average molecular weight is 313 g/mol. The zero-order chi connectivity index (χ0) is 14.3. The molecular weight excluding hydrogens is 300 g/mol. The van der Waals surface area contributed by atoms with E-state index >= 15 is 0 Å². The van der Waals surface area contributed by atoms with Crippen LogP contribution in [0.15, 0.2) is 12.1 Å². The van der Waals surface area contributed by atoms with Gasteiger partial charge in [-0.05, 0) is 25.0 Å². The van der Waals surface area contributed by atoms with Crippen LogP contribution in [0.1, 0.15) is 24.1 Å². The van der Waals surface area contributed by atoms with Gasteiger partial charge in [0.2, 0.25) is 11.8 Å². The summed E-state index contributed by atoms with van der Waals surface area (Å²) in [5, 5.41) is 2.30. The lowest BCUT2D eigenvalue weighted by Crippen LogP contribution is -2.66. The minimum atomic E-state index is -0.985. The first-order valence-corrected chi connectivity index (χ1v) is 7.64. The van der Waals surface area contributed by atoms with Crippen molar-refractivity contribution < 1.29 is 14.4 Å². The van der Waals surface area contributed by atoms with Crippen LogP contribution in [0.3, 0.4) is 0 Å². The quantitative estimate of drug-likeness (QED) is 0.870.